The number of rotatable bonds is 4. The number of aromatic nitrogens is 1. The predicted molar refractivity (Wildman–Crippen MR) is 104 cm³/mol. The number of nitrogens with one attached hydrogen (secondary N) is 1. The van der Waals surface area contributed by atoms with Crippen LogP contribution in [0, 0.1) is 0 Å². The molecular formula is C20H18N2O4S. The molecule has 0 amide bonds. The fourth-order valence-corrected chi connectivity index (χ4v) is 3.83. The highest BCUT2D eigenvalue weighted by Crippen LogP contribution is 2.49. The normalized spacial score (nSPS) is 15.3. The Balaban J connectivity index is 1.93. The first-order valence-electron chi connectivity index (χ1n) is 8.33. The van der Waals surface area contributed by atoms with Gasteiger partial charge < -0.3 is 9.47 Å². The van der Waals surface area contributed by atoms with E-state index >= 15 is 0 Å². The van der Waals surface area contributed by atoms with Crippen LogP contribution in [0.5, 0.6) is 11.5 Å². The number of hydrogen-bond acceptors (Lipinski definition) is 5. The summed E-state index contributed by atoms with van der Waals surface area (Å²) in [6.45, 7) is 0. The summed E-state index contributed by atoms with van der Waals surface area (Å²) < 4.78 is 37.6. The molecule has 0 aliphatic carbocycles. The van der Waals surface area contributed by atoms with Gasteiger partial charge in [0.15, 0.2) is 6.10 Å². The van der Waals surface area contributed by atoms with Crippen molar-refractivity contribution in [3.8, 4) is 22.6 Å². The van der Waals surface area contributed by atoms with Gasteiger partial charge in [0.25, 0.3) is 0 Å². The molecule has 0 fully saturated rings. The molecule has 7 heteroatoms. The molecule has 138 valence electrons. The number of methoxy groups -OCH3 is 1. The van der Waals surface area contributed by atoms with Crippen LogP contribution in [0.4, 0.5) is 5.69 Å². The van der Waals surface area contributed by atoms with Gasteiger partial charge in [-0.05, 0) is 42.0 Å². The standard InChI is InChI=1S/C20H18N2O4S/c1-25-17-7-5-8-18-19(17)14-10-9-13(22-27(2,23)24)12-15(14)20(26-18)16-6-3-4-11-21-16/h3-12,20,22H,1-2H3. The van der Waals surface area contributed by atoms with Crippen LogP contribution in [0.15, 0.2) is 60.8 Å². The Hall–Kier alpha value is -3.06. The van der Waals surface area contributed by atoms with Gasteiger partial charge in [-0.25, -0.2) is 8.42 Å². The van der Waals surface area contributed by atoms with Gasteiger partial charge in [-0.15, -0.1) is 0 Å². The van der Waals surface area contributed by atoms with E-state index in [2.05, 4.69) is 9.71 Å². The zero-order valence-corrected chi connectivity index (χ0v) is 15.7. The molecule has 3 aromatic rings. The molecule has 1 aromatic heterocycles. The maximum absolute atomic E-state index is 11.6. The second-order valence-corrected chi connectivity index (χ2v) is 8.01. The topological polar surface area (TPSA) is 77.5 Å². The number of ether oxygens (including phenoxy) is 2. The molecule has 6 nitrogen and oxygen atoms in total. The predicted octanol–water partition coefficient (Wildman–Crippen LogP) is 3.61. The smallest absolute Gasteiger partial charge is 0.229 e. The largest absolute Gasteiger partial charge is 0.496 e. The maximum atomic E-state index is 11.6. The van der Waals surface area contributed by atoms with E-state index in [0.717, 1.165) is 28.6 Å². The van der Waals surface area contributed by atoms with E-state index < -0.39 is 16.1 Å². The molecule has 1 aliphatic rings. The number of pyridine rings is 1. The summed E-state index contributed by atoms with van der Waals surface area (Å²) in [5.41, 5.74) is 3.79. The molecule has 4 rings (SSSR count). The van der Waals surface area contributed by atoms with Gasteiger partial charge in [0, 0.05) is 17.4 Å². The molecule has 0 spiro atoms. The van der Waals surface area contributed by atoms with Crippen LogP contribution < -0.4 is 14.2 Å². The highest BCUT2D eigenvalue weighted by atomic mass is 32.2. The number of anilines is 1. The van der Waals surface area contributed by atoms with E-state index in [1.165, 1.54) is 0 Å². The summed E-state index contributed by atoms with van der Waals surface area (Å²) in [6, 6.07) is 16.6. The Morgan fingerprint density at radius 1 is 1.11 bits per heavy atom. The Morgan fingerprint density at radius 2 is 1.96 bits per heavy atom. The average Bonchev–Trinajstić information content (AvgIpc) is 2.66. The number of sulfonamides is 1. The molecule has 1 aliphatic heterocycles. The molecule has 0 saturated heterocycles. The Morgan fingerprint density at radius 3 is 2.67 bits per heavy atom. The Kier molecular flexibility index (Phi) is 4.24. The molecular weight excluding hydrogens is 364 g/mol. The van der Waals surface area contributed by atoms with Crippen LogP contribution in [0.1, 0.15) is 17.4 Å². The van der Waals surface area contributed by atoms with Crippen LogP contribution in [0.25, 0.3) is 11.1 Å². The molecule has 0 bridgehead atoms. The third-order valence-electron chi connectivity index (χ3n) is 4.32. The number of hydrogen-bond donors (Lipinski definition) is 1. The van der Waals surface area contributed by atoms with Crippen LogP contribution in [-0.4, -0.2) is 26.8 Å². The zero-order chi connectivity index (χ0) is 19.0. The maximum Gasteiger partial charge on any atom is 0.229 e. The van der Waals surface area contributed by atoms with Crippen molar-refractivity contribution in [3.05, 3.63) is 72.1 Å². The van der Waals surface area contributed by atoms with E-state index in [1.807, 2.05) is 42.5 Å². The van der Waals surface area contributed by atoms with Crippen molar-refractivity contribution in [2.75, 3.05) is 18.1 Å². The second-order valence-electron chi connectivity index (χ2n) is 6.26. The summed E-state index contributed by atoms with van der Waals surface area (Å²) in [5, 5.41) is 0. The third kappa shape index (κ3) is 3.33. The van der Waals surface area contributed by atoms with Crippen molar-refractivity contribution in [2.24, 2.45) is 0 Å². The van der Waals surface area contributed by atoms with Crippen LogP contribution in [-0.2, 0) is 10.0 Å². The molecule has 1 N–H and O–H groups in total. The Bertz CT molecular complexity index is 1100. The minimum atomic E-state index is -3.39. The minimum Gasteiger partial charge on any atom is -0.496 e. The monoisotopic (exact) mass is 382 g/mol. The van der Waals surface area contributed by atoms with Gasteiger partial charge >= 0.3 is 0 Å². The number of benzene rings is 2. The first-order chi connectivity index (χ1) is 13.0. The van der Waals surface area contributed by atoms with Crippen LogP contribution in [0.2, 0.25) is 0 Å². The summed E-state index contributed by atoms with van der Waals surface area (Å²) in [5.74, 6) is 1.39. The van der Waals surface area contributed by atoms with Crippen molar-refractivity contribution in [1.82, 2.24) is 4.98 Å². The number of fused-ring (bicyclic) bond motifs is 3. The van der Waals surface area contributed by atoms with Crippen molar-refractivity contribution < 1.29 is 17.9 Å². The third-order valence-corrected chi connectivity index (χ3v) is 4.92. The second kappa shape index (κ2) is 6.59. The van der Waals surface area contributed by atoms with Gasteiger partial charge in [-0.3, -0.25) is 9.71 Å². The summed E-state index contributed by atoms with van der Waals surface area (Å²) in [4.78, 5) is 4.43. The van der Waals surface area contributed by atoms with Gasteiger partial charge in [0.05, 0.1) is 24.6 Å². The zero-order valence-electron chi connectivity index (χ0n) is 14.8. The lowest BCUT2D eigenvalue weighted by Gasteiger charge is -2.30. The van der Waals surface area contributed by atoms with Crippen molar-refractivity contribution in [3.63, 3.8) is 0 Å². The fourth-order valence-electron chi connectivity index (χ4n) is 3.27. The quantitative estimate of drug-likeness (QED) is 0.746. The van der Waals surface area contributed by atoms with Gasteiger partial charge in [-0.1, -0.05) is 18.2 Å². The minimum absolute atomic E-state index is 0.456. The SMILES string of the molecule is COc1cccc2c1-c1ccc(NS(C)(=O)=O)cc1C(c1ccccn1)O2. The van der Waals surface area contributed by atoms with E-state index in [1.54, 1.807) is 25.4 Å². The number of nitrogens with zero attached hydrogens (tertiary/aromatic N) is 1. The molecule has 1 atom stereocenters. The molecule has 27 heavy (non-hydrogen) atoms. The first-order valence-corrected chi connectivity index (χ1v) is 10.2. The summed E-state index contributed by atoms with van der Waals surface area (Å²) in [6.07, 6.45) is 2.37. The van der Waals surface area contributed by atoms with Gasteiger partial charge in [-0.2, -0.15) is 0 Å². The molecule has 2 heterocycles. The van der Waals surface area contributed by atoms with E-state index in [9.17, 15) is 8.42 Å². The van der Waals surface area contributed by atoms with Gasteiger partial charge in [0.2, 0.25) is 10.0 Å². The fraction of sp³-hybridized carbons (Fsp3) is 0.150. The molecule has 0 saturated carbocycles. The van der Waals surface area contributed by atoms with Crippen molar-refractivity contribution in [1.29, 1.82) is 0 Å². The van der Waals surface area contributed by atoms with E-state index in [4.69, 9.17) is 9.47 Å². The van der Waals surface area contributed by atoms with Crippen LogP contribution in [0.3, 0.4) is 0 Å². The summed E-state index contributed by atoms with van der Waals surface area (Å²) in [7, 11) is -1.78. The lowest BCUT2D eigenvalue weighted by Crippen LogP contribution is -2.18. The lowest BCUT2D eigenvalue weighted by atomic mass is 9.90. The summed E-state index contributed by atoms with van der Waals surface area (Å²) >= 11 is 0. The van der Waals surface area contributed by atoms with Crippen molar-refractivity contribution >= 4 is 15.7 Å². The van der Waals surface area contributed by atoms with Gasteiger partial charge in [0.1, 0.15) is 11.5 Å². The van der Waals surface area contributed by atoms with Crippen molar-refractivity contribution in [2.45, 2.75) is 6.10 Å². The Labute approximate surface area is 157 Å². The highest BCUT2D eigenvalue weighted by Gasteiger charge is 2.30. The van der Waals surface area contributed by atoms with E-state index in [0.29, 0.717) is 17.2 Å². The first kappa shape index (κ1) is 17.4. The molecule has 1 unspecified atom stereocenters. The molecule has 0 radical (unpaired) electrons. The average molecular weight is 382 g/mol. The highest BCUT2D eigenvalue weighted by molar-refractivity contribution is 7.92. The lowest BCUT2D eigenvalue weighted by molar-refractivity contribution is 0.237. The van der Waals surface area contributed by atoms with E-state index in [-0.39, 0.29) is 0 Å². The van der Waals surface area contributed by atoms with Crippen LogP contribution >= 0.6 is 0 Å². The molecule has 2 aromatic carbocycles.